The highest BCUT2D eigenvalue weighted by Crippen LogP contribution is 2.22. The fraction of sp³-hybridized carbons (Fsp3) is 1.00. The summed E-state index contributed by atoms with van der Waals surface area (Å²) >= 11 is 0. The molecule has 0 amide bonds. The van der Waals surface area contributed by atoms with Crippen LogP contribution in [0.4, 0.5) is 0 Å². The molecule has 0 spiro atoms. The summed E-state index contributed by atoms with van der Waals surface area (Å²) in [5, 5.41) is 11.1. The van der Waals surface area contributed by atoms with Crippen LogP contribution < -0.4 is 5.32 Å². The Balaban J connectivity index is 2.55. The van der Waals surface area contributed by atoms with E-state index in [1.54, 1.807) is 6.92 Å². The van der Waals surface area contributed by atoms with Gasteiger partial charge in [-0.2, -0.15) is 8.42 Å². The summed E-state index contributed by atoms with van der Waals surface area (Å²) in [5.41, 5.74) is 0. The van der Waals surface area contributed by atoms with E-state index < -0.39 is 15.5 Å². The molecule has 0 bridgehead atoms. The van der Waals surface area contributed by atoms with Gasteiger partial charge in [-0.05, 0) is 38.6 Å². The highest BCUT2D eigenvalue weighted by molar-refractivity contribution is 7.87. The molecule has 1 aliphatic rings. The first kappa shape index (κ1) is 12.9. The highest BCUT2D eigenvalue weighted by Gasteiger charge is 2.31. The maximum absolute atomic E-state index is 11.6. The van der Waals surface area contributed by atoms with E-state index in [1.165, 1.54) is 0 Å². The van der Waals surface area contributed by atoms with Crippen LogP contribution in [0.5, 0.6) is 0 Å². The summed E-state index contributed by atoms with van der Waals surface area (Å²) in [4.78, 5) is 0. The van der Waals surface area contributed by atoms with Crippen LogP contribution in [0.15, 0.2) is 0 Å². The monoisotopic (exact) mass is 237 g/mol. The number of aliphatic hydroxyl groups is 1. The van der Waals surface area contributed by atoms with Gasteiger partial charge in [-0.25, -0.2) is 0 Å². The third-order valence-corrected chi connectivity index (χ3v) is 4.26. The number of nitrogens with one attached hydrogen (secondary N) is 1. The first-order valence-electron chi connectivity index (χ1n) is 5.32. The smallest absolute Gasteiger partial charge is 0.283 e. The summed E-state index contributed by atoms with van der Waals surface area (Å²) in [6, 6.07) is 0. The zero-order valence-corrected chi connectivity index (χ0v) is 9.79. The number of aliphatic hydroxyl groups excluding tert-OH is 1. The van der Waals surface area contributed by atoms with Crippen LogP contribution in [-0.2, 0) is 14.3 Å². The van der Waals surface area contributed by atoms with Crippen LogP contribution in [0.2, 0.25) is 0 Å². The van der Waals surface area contributed by atoms with Gasteiger partial charge >= 0.3 is 0 Å². The van der Waals surface area contributed by atoms with E-state index in [1.807, 2.05) is 0 Å². The molecule has 1 saturated heterocycles. The Morgan fingerprint density at radius 3 is 2.87 bits per heavy atom. The van der Waals surface area contributed by atoms with Gasteiger partial charge in [-0.3, -0.25) is 9.50 Å². The topological polar surface area (TPSA) is 75.6 Å². The third kappa shape index (κ3) is 3.71. The minimum atomic E-state index is -3.48. The minimum Gasteiger partial charge on any atom is -0.396 e. The molecule has 1 rings (SSSR count). The Hall–Kier alpha value is -0.170. The molecule has 0 saturated carbocycles. The van der Waals surface area contributed by atoms with Crippen molar-refractivity contribution in [2.24, 2.45) is 5.92 Å². The van der Waals surface area contributed by atoms with Crippen LogP contribution in [0, 0.1) is 5.92 Å². The van der Waals surface area contributed by atoms with Crippen molar-refractivity contribution in [2.75, 3.05) is 19.8 Å². The molecule has 0 aromatic carbocycles. The van der Waals surface area contributed by atoms with Crippen molar-refractivity contribution in [1.29, 1.82) is 0 Å². The summed E-state index contributed by atoms with van der Waals surface area (Å²) in [6.45, 7) is 2.62. The molecule has 2 unspecified atom stereocenters. The van der Waals surface area contributed by atoms with Crippen molar-refractivity contribution in [3.63, 3.8) is 0 Å². The standard InChI is InChI=1S/C9H19NO4S/c1-2-14-15(12,13)9-7-8(4-6-11)3-5-10-9/h8-11H,2-7H2,1H3. The lowest BCUT2D eigenvalue weighted by Gasteiger charge is -2.29. The Kier molecular flexibility index (Phi) is 4.98. The lowest BCUT2D eigenvalue weighted by molar-refractivity contribution is 0.223. The summed E-state index contributed by atoms with van der Waals surface area (Å²) < 4.78 is 27.9. The molecule has 1 aliphatic heterocycles. The Labute approximate surface area is 90.9 Å². The van der Waals surface area contributed by atoms with Gasteiger partial charge in [0.1, 0.15) is 5.37 Å². The third-order valence-electron chi connectivity index (χ3n) is 2.64. The Bertz CT molecular complexity index is 276. The van der Waals surface area contributed by atoms with Gasteiger partial charge in [0.05, 0.1) is 6.61 Å². The minimum absolute atomic E-state index is 0.117. The number of piperidine rings is 1. The van der Waals surface area contributed by atoms with Gasteiger partial charge in [-0.15, -0.1) is 0 Å². The highest BCUT2D eigenvalue weighted by atomic mass is 32.2. The molecule has 0 aliphatic carbocycles. The Morgan fingerprint density at radius 2 is 2.27 bits per heavy atom. The second kappa shape index (κ2) is 5.79. The predicted octanol–water partition coefficient (Wildman–Crippen LogP) is 0.0608. The first-order valence-corrected chi connectivity index (χ1v) is 6.79. The van der Waals surface area contributed by atoms with Gasteiger partial charge in [0, 0.05) is 6.61 Å². The zero-order chi connectivity index (χ0) is 11.3. The molecule has 2 N–H and O–H groups in total. The average molecular weight is 237 g/mol. The number of hydrogen-bond donors (Lipinski definition) is 2. The molecular weight excluding hydrogens is 218 g/mol. The lowest BCUT2D eigenvalue weighted by Crippen LogP contribution is -2.44. The molecular formula is C9H19NO4S. The Morgan fingerprint density at radius 1 is 1.53 bits per heavy atom. The second-order valence-corrected chi connectivity index (χ2v) is 5.54. The van der Waals surface area contributed by atoms with E-state index in [4.69, 9.17) is 9.29 Å². The van der Waals surface area contributed by atoms with E-state index >= 15 is 0 Å². The van der Waals surface area contributed by atoms with E-state index in [0.717, 1.165) is 6.42 Å². The molecule has 15 heavy (non-hydrogen) atoms. The van der Waals surface area contributed by atoms with Gasteiger partial charge < -0.3 is 5.11 Å². The van der Waals surface area contributed by atoms with Crippen molar-refractivity contribution in [3.05, 3.63) is 0 Å². The molecule has 90 valence electrons. The quantitative estimate of drug-likeness (QED) is 0.661. The van der Waals surface area contributed by atoms with Crippen LogP contribution in [0.25, 0.3) is 0 Å². The van der Waals surface area contributed by atoms with E-state index in [2.05, 4.69) is 5.32 Å². The van der Waals surface area contributed by atoms with Crippen LogP contribution in [0.3, 0.4) is 0 Å². The van der Waals surface area contributed by atoms with Crippen LogP contribution >= 0.6 is 0 Å². The average Bonchev–Trinajstić information content (AvgIpc) is 2.19. The SMILES string of the molecule is CCOS(=O)(=O)C1CC(CCO)CCN1. The number of hydrogen-bond acceptors (Lipinski definition) is 5. The van der Waals surface area contributed by atoms with Crippen LogP contribution in [-0.4, -0.2) is 38.7 Å². The largest absolute Gasteiger partial charge is 0.396 e. The predicted molar refractivity (Wildman–Crippen MR) is 56.8 cm³/mol. The molecule has 0 aromatic rings. The fourth-order valence-corrected chi connectivity index (χ4v) is 3.19. The zero-order valence-electron chi connectivity index (χ0n) is 8.98. The molecule has 5 nitrogen and oxygen atoms in total. The van der Waals surface area contributed by atoms with Crippen LogP contribution in [0.1, 0.15) is 26.2 Å². The summed E-state index contributed by atoms with van der Waals surface area (Å²) in [5.74, 6) is 0.275. The van der Waals surface area contributed by atoms with Gasteiger partial charge in [0.25, 0.3) is 10.1 Å². The molecule has 0 aromatic heterocycles. The van der Waals surface area contributed by atoms with Crippen molar-refractivity contribution in [2.45, 2.75) is 31.6 Å². The number of rotatable bonds is 5. The first-order chi connectivity index (χ1) is 7.10. The van der Waals surface area contributed by atoms with E-state index in [-0.39, 0.29) is 19.1 Å². The molecule has 1 heterocycles. The molecule has 2 atom stereocenters. The summed E-state index contributed by atoms with van der Waals surface area (Å²) in [6.07, 6.45) is 2.11. The maximum atomic E-state index is 11.6. The van der Waals surface area contributed by atoms with Gasteiger partial charge in [0.15, 0.2) is 0 Å². The van der Waals surface area contributed by atoms with Gasteiger partial charge in [-0.1, -0.05) is 0 Å². The normalized spacial score (nSPS) is 27.9. The van der Waals surface area contributed by atoms with E-state index in [0.29, 0.717) is 19.4 Å². The molecule has 1 fully saturated rings. The van der Waals surface area contributed by atoms with Crippen molar-refractivity contribution < 1.29 is 17.7 Å². The van der Waals surface area contributed by atoms with E-state index in [9.17, 15) is 8.42 Å². The maximum Gasteiger partial charge on any atom is 0.283 e. The van der Waals surface area contributed by atoms with Crippen molar-refractivity contribution in [1.82, 2.24) is 5.32 Å². The molecule has 0 radical (unpaired) electrons. The van der Waals surface area contributed by atoms with Crippen molar-refractivity contribution in [3.8, 4) is 0 Å². The fourth-order valence-electron chi connectivity index (χ4n) is 1.86. The summed E-state index contributed by atoms with van der Waals surface area (Å²) in [7, 11) is -3.48. The van der Waals surface area contributed by atoms with Crippen molar-refractivity contribution >= 4 is 10.1 Å². The lowest BCUT2D eigenvalue weighted by atomic mass is 9.95. The molecule has 6 heteroatoms. The van der Waals surface area contributed by atoms with Gasteiger partial charge in [0.2, 0.25) is 0 Å². The second-order valence-electron chi connectivity index (χ2n) is 3.74.